The van der Waals surface area contributed by atoms with Gasteiger partial charge in [0.25, 0.3) is 5.91 Å². The quantitative estimate of drug-likeness (QED) is 0.894. The predicted molar refractivity (Wildman–Crippen MR) is 101 cm³/mol. The molecule has 2 aromatic rings. The van der Waals surface area contributed by atoms with Crippen LogP contribution in [0.5, 0.6) is 11.5 Å². The van der Waals surface area contributed by atoms with Crippen molar-refractivity contribution in [2.45, 2.75) is 26.2 Å². The van der Waals surface area contributed by atoms with E-state index in [0.717, 1.165) is 37.3 Å². The van der Waals surface area contributed by atoms with Crippen LogP contribution in [-0.4, -0.2) is 47.7 Å². The first-order chi connectivity index (χ1) is 13.1. The number of amides is 1. The molecule has 2 aliphatic rings. The van der Waals surface area contributed by atoms with Crippen LogP contribution in [-0.2, 0) is 6.42 Å². The summed E-state index contributed by atoms with van der Waals surface area (Å²) in [5.41, 5.74) is 1.76. The van der Waals surface area contributed by atoms with Crippen molar-refractivity contribution < 1.29 is 14.3 Å². The number of carbonyl (C=O) groups is 1. The molecule has 0 aliphatic carbocycles. The Morgan fingerprint density at radius 3 is 2.81 bits per heavy atom. The zero-order valence-electron chi connectivity index (χ0n) is 15.7. The normalized spacial score (nSPS) is 21.2. The van der Waals surface area contributed by atoms with Crippen molar-refractivity contribution in [2.24, 2.45) is 5.41 Å². The van der Waals surface area contributed by atoms with E-state index in [-0.39, 0.29) is 18.1 Å². The molecule has 1 N–H and O–H groups in total. The van der Waals surface area contributed by atoms with Crippen LogP contribution in [0.3, 0.4) is 0 Å². The maximum absolute atomic E-state index is 12.9. The number of benzene rings is 1. The molecular weight excluding hydrogens is 344 g/mol. The minimum Gasteiger partial charge on any atom is -0.454 e. The number of nitrogens with one attached hydrogen (secondary N) is 1. The highest BCUT2D eigenvalue weighted by molar-refractivity contribution is 5.93. The number of nitrogens with zero attached hydrogens (tertiary/aromatic N) is 3. The number of anilines is 1. The van der Waals surface area contributed by atoms with Crippen molar-refractivity contribution >= 4 is 11.9 Å². The van der Waals surface area contributed by atoms with Gasteiger partial charge in [-0.3, -0.25) is 4.79 Å². The Hall–Kier alpha value is -2.83. The van der Waals surface area contributed by atoms with Gasteiger partial charge in [-0.2, -0.15) is 0 Å². The lowest BCUT2D eigenvalue weighted by Crippen LogP contribution is -2.45. The van der Waals surface area contributed by atoms with Gasteiger partial charge in [-0.25, -0.2) is 9.97 Å². The third-order valence-electron chi connectivity index (χ3n) is 5.26. The van der Waals surface area contributed by atoms with Gasteiger partial charge in [0.2, 0.25) is 12.7 Å². The SMILES string of the molecule is CNc1ncc(C(=O)N2CCC[C@](C)(Cc3ccc4c(c3)OCO4)C2)cn1. The van der Waals surface area contributed by atoms with Crippen molar-refractivity contribution in [2.75, 3.05) is 32.2 Å². The van der Waals surface area contributed by atoms with Crippen molar-refractivity contribution in [1.82, 2.24) is 14.9 Å². The number of fused-ring (bicyclic) bond motifs is 1. The van der Waals surface area contributed by atoms with Crippen LogP contribution < -0.4 is 14.8 Å². The molecule has 0 bridgehead atoms. The van der Waals surface area contributed by atoms with E-state index in [1.165, 1.54) is 5.56 Å². The zero-order chi connectivity index (χ0) is 18.9. The molecule has 1 aromatic heterocycles. The lowest BCUT2D eigenvalue weighted by atomic mass is 9.77. The van der Waals surface area contributed by atoms with Gasteiger partial charge in [-0.15, -0.1) is 0 Å². The monoisotopic (exact) mass is 368 g/mol. The molecule has 0 saturated carbocycles. The first-order valence-electron chi connectivity index (χ1n) is 9.24. The molecule has 1 saturated heterocycles. The van der Waals surface area contributed by atoms with Crippen LogP contribution in [0.2, 0.25) is 0 Å². The Kier molecular flexibility index (Phi) is 4.59. The largest absolute Gasteiger partial charge is 0.454 e. The highest BCUT2D eigenvalue weighted by Crippen LogP contribution is 2.37. The topological polar surface area (TPSA) is 76.6 Å². The summed E-state index contributed by atoms with van der Waals surface area (Å²) in [6.07, 6.45) is 6.14. The minimum absolute atomic E-state index is 0.00531. The number of hydrogen-bond acceptors (Lipinski definition) is 6. The smallest absolute Gasteiger partial charge is 0.257 e. The van der Waals surface area contributed by atoms with Gasteiger partial charge < -0.3 is 19.7 Å². The maximum atomic E-state index is 12.9. The second-order valence-corrected chi connectivity index (χ2v) is 7.55. The molecular formula is C20H24N4O3. The summed E-state index contributed by atoms with van der Waals surface area (Å²) in [7, 11) is 1.75. The van der Waals surface area contributed by atoms with Crippen LogP contribution >= 0.6 is 0 Å². The number of ether oxygens (including phenoxy) is 2. The first kappa shape index (κ1) is 17.6. The number of carbonyl (C=O) groups excluding carboxylic acids is 1. The maximum Gasteiger partial charge on any atom is 0.257 e. The summed E-state index contributed by atoms with van der Waals surface area (Å²) in [6, 6.07) is 6.11. The third-order valence-corrected chi connectivity index (χ3v) is 5.26. The minimum atomic E-state index is -0.00531. The summed E-state index contributed by atoms with van der Waals surface area (Å²) < 4.78 is 10.9. The van der Waals surface area contributed by atoms with Gasteiger partial charge >= 0.3 is 0 Å². The molecule has 1 atom stereocenters. The zero-order valence-corrected chi connectivity index (χ0v) is 15.7. The lowest BCUT2D eigenvalue weighted by molar-refractivity contribution is 0.0550. The lowest BCUT2D eigenvalue weighted by Gasteiger charge is -2.40. The van der Waals surface area contributed by atoms with Crippen molar-refractivity contribution in [3.8, 4) is 11.5 Å². The van der Waals surface area contributed by atoms with Crippen molar-refractivity contribution in [3.05, 3.63) is 41.7 Å². The third kappa shape index (κ3) is 3.67. The van der Waals surface area contributed by atoms with E-state index in [4.69, 9.17) is 9.47 Å². The van der Waals surface area contributed by atoms with Gasteiger partial charge in [0.05, 0.1) is 5.56 Å². The van der Waals surface area contributed by atoms with Gasteiger partial charge in [-0.1, -0.05) is 13.0 Å². The fourth-order valence-electron chi connectivity index (χ4n) is 3.93. The van der Waals surface area contributed by atoms with Crippen LogP contribution in [0.25, 0.3) is 0 Å². The Morgan fingerprint density at radius 2 is 2.04 bits per heavy atom. The molecule has 7 heteroatoms. The molecule has 0 spiro atoms. The molecule has 142 valence electrons. The Morgan fingerprint density at radius 1 is 1.26 bits per heavy atom. The summed E-state index contributed by atoms with van der Waals surface area (Å²) >= 11 is 0. The molecule has 4 rings (SSSR count). The number of piperidine rings is 1. The summed E-state index contributed by atoms with van der Waals surface area (Å²) in [6.45, 7) is 4.02. The first-order valence-corrected chi connectivity index (χ1v) is 9.24. The fraction of sp³-hybridized carbons (Fsp3) is 0.450. The van der Waals surface area contributed by atoms with E-state index in [2.05, 4.69) is 34.3 Å². The van der Waals surface area contributed by atoms with E-state index < -0.39 is 0 Å². The number of rotatable bonds is 4. The second kappa shape index (κ2) is 7.06. The Labute approximate surface area is 158 Å². The van der Waals surface area contributed by atoms with Gasteiger partial charge in [0, 0.05) is 32.5 Å². The number of aromatic nitrogens is 2. The van der Waals surface area contributed by atoms with E-state index >= 15 is 0 Å². The van der Waals surface area contributed by atoms with Gasteiger partial charge in [-0.05, 0) is 42.4 Å². The Bertz CT molecular complexity index is 840. The molecule has 1 amide bonds. The molecule has 1 fully saturated rings. The number of hydrogen-bond donors (Lipinski definition) is 1. The highest BCUT2D eigenvalue weighted by atomic mass is 16.7. The molecule has 1 aromatic carbocycles. The molecule has 0 radical (unpaired) electrons. The average Bonchev–Trinajstić information content (AvgIpc) is 3.15. The second-order valence-electron chi connectivity index (χ2n) is 7.55. The summed E-state index contributed by atoms with van der Waals surface area (Å²) in [5, 5.41) is 2.86. The van der Waals surface area contributed by atoms with E-state index in [0.29, 0.717) is 18.1 Å². The fourth-order valence-corrected chi connectivity index (χ4v) is 3.93. The molecule has 7 nitrogen and oxygen atoms in total. The standard InChI is InChI=1S/C20H24N4O3/c1-20(9-14-4-5-16-17(8-14)27-13-26-16)6-3-7-24(12-20)18(25)15-10-22-19(21-2)23-11-15/h4-5,8,10-11H,3,6-7,9,12-13H2,1-2H3,(H,21,22,23)/t20-/m1/s1. The van der Waals surface area contributed by atoms with E-state index in [1.54, 1.807) is 19.4 Å². The highest BCUT2D eigenvalue weighted by Gasteiger charge is 2.34. The number of likely N-dealkylation sites (tertiary alicyclic amines) is 1. The molecule has 27 heavy (non-hydrogen) atoms. The average molecular weight is 368 g/mol. The summed E-state index contributed by atoms with van der Waals surface area (Å²) in [5.74, 6) is 2.11. The van der Waals surface area contributed by atoms with Crippen molar-refractivity contribution in [1.29, 1.82) is 0 Å². The molecule has 3 heterocycles. The summed E-state index contributed by atoms with van der Waals surface area (Å²) in [4.78, 5) is 23.1. The molecule has 2 aliphatic heterocycles. The van der Waals surface area contributed by atoms with E-state index in [1.807, 2.05) is 11.0 Å². The predicted octanol–water partition coefficient (Wildman–Crippen LogP) is 2.73. The Balaban J connectivity index is 1.46. The van der Waals surface area contributed by atoms with E-state index in [9.17, 15) is 4.79 Å². The van der Waals surface area contributed by atoms with Crippen LogP contribution in [0, 0.1) is 5.41 Å². The van der Waals surface area contributed by atoms with Crippen molar-refractivity contribution in [3.63, 3.8) is 0 Å². The molecule has 0 unspecified atom stereocenters. The van der Waals surface area contributed by atoms with Crippen LogP contribution in [0.15, 0.2) is 30.6 Å². The van der Waals surface area contributed by atoms with Gasteiger partial charge in [0.1, 0.15) is 0 Å². The van der Waals surface area contributed by atoms with Crippen LogP contribution in [0.1, 0.15) is 35.7 Å². The van der Waals surface area contributed by atoms with Gasteiger partial charge in [0.15, 0.2) is 11.5 Å². The van der Waals surface area contributed by atoms with Crippen LogP contribution in [0.4, 0.5) is 5.95 Å².